The van der Waals surface area contributed by atoms with Crippen molar-refractivity contribution in [1.29, 1.82) is 0 Å². The topological polar surface area (TPSA) is 49.6 Å². The normalized spacial score (nSPS) is 14.5. The third-order valence-corrected chi connectivity index (χ3v) is 2.98. The molecular weight excluding hydrogens is 242 g/mol. The summed E-state index contributed by atoms with van der Waals surface area (Å²) >= 11 is 0. The number of hydrogen-bond donors (Lipinski definition) is 0. The Labute approximate surface area is 113 Å². The zero-order chi connectivity index (χ0) is 13.8. The van der Waals surface area contributed by atoms with Gasteiger partial charge in [-0.25, -0.2) is 0 Å². The maximum Gasteiger partial charge on any atom is 0.269 e. The van der Waals surface area contributed by atoms with Crippen molar-refractivity contribution in [2.24, 2.45) is 5.92 Å². The quantitative estimate of drug-likeness (QED) is 0.604. The van der Waals surface area contributed by atoms with Crippen molar-refractivity contribution < 1.29 is 4.92 Å². The molecule has 0 bridgehead atoms. The van der Waals surface area contributed by atoms with Crippen LogP contribution in [0.5, 0.6) is 0 Å². The summed E-state index contributed by atoms with van der Waals surface area (Å²) in [5, 5.41) is 10.6. The first-order valence-electron chi connectivity index (χ1n) is 6.44. The Bertz CT molecular complexity index is 468. The van der Waals surface area contributed by atoms with Crippen LogP contribution in [0.25, 0.3) is 0 Å². The van der Waals surface area contributed by atoms with E-state index in [2.05, 4.69) is 36.0 Å². The van der Waals surface area contributed by atoms with Crippen LogP contribution in [0.3, 0.4) is 0 Å². The van der Waals surface area contributed by atoms with Crippen molar-refractivity contribution in [2.75, 3.05) is 13.2 Å². The lowest BCUT2D eigenvalue weighted by Crippen LogP contribution is -2.27. The second-order valence-corrected chi connectivity index (χ2v) is 5.28. The van der Waals surface area contributed by atoms with Crippen LogP contribution in [0.4, 0.5) is 5.69 Å². The van der Waals surface area contributed by atoms with Crippen LogP contribution >= 0.6 is 0 Å². The van der Waals surface area contributed by atoms with Gasteiger partial charge in [0.05, 0.1) is 11.6 Å². The Morgan fingerprint density at radius 2 is 1.84 bits per heavy atom. The van der Waals surface area contributed by atoms with Gasteiger partial charge in [0.2, 0.25) is 0 Å². The average molecular weight is 261 g/mol. The van der Waals surface area contributed by atoms with Gasteiger partial charge in [-0.2, -0.15) is 0 Å². The summed E-state index contributed by atoms with van der Waals surface area (Å²) in [5.41, 5.74) is 1.23. The molecule has 0 saturated carbocycles. The smallest absolute Gasteiger partial charge is 0.269 e. The summed E-state index contributed by atoms with van der Waals surface area (Å²) in [6.45, 7) is 7.12. The molecule has 1 heterocycles. The predicted octanol–water partition coefficient (Wildman–Crippen LogP) is 2.80. The Morgan fingerprint density at radius 3 is 2.42 bits per heavy atom. The Morgan fingerprint density at radius 1 is 1.21 bits per heavy atom. The molecule has 0 N–H and O–H groups in total. The van der Waals surface area contributed by atoms with E-state index in [1.165, 1.54) is 0 Å². The molecule has 0 atom stereocenters. The molecule has 102 valence electrons. The molecule has 5 nitrogen and oxygen atoms in total. The van der Waals surface area contributed by atoms with E-state index in [-0.39, 0.29) is 10.6 Å². The molecular formula is C14H19N3O2. The van der Waals surface area contributed by atoms with Gasteiger partial charge in [-0.05, 0) is 11.5 Å². The number of non-ortho nitro benzene ring substituents is 1. The third-order valence-electron chi connectivity index (χ3n) is 2.98. The van der Waals surface area contributed by atoms with Crippen molar-refractivity contribution in [1.82, 2.24) is 9.80 Å². The summed E-state index contributed by atoms with van der Waals surface area (Å²) in [4.78, 5) is 14.7. The molecule has 1 aromatic rings. The molecule has 1 aliphatic heterocycles. The van der Waals surface area contributed by atoms with E-state index in [9.17, 15) is 10.1 Å². The highest BCUT2D eigenvalue weighted by molar-refractivity contribution is 5.32. The molecule has 5 heteroatoms. The number of nitrogens with zero attached hydrogens (tertiary/aromatic N) is 3. The fourth-order valence-electron chi connectivity index (χ4n) is 2.16. The van der Waals surface area contributed by atoms with Gasteiger partial charge in [0, 0.05) is 37.6 Å². The lowest BCUT2D eigenvalue weighted by molar-refractivity contribution is -0.384. The van der Waals surface area contributed by atoms with Crippen LogP contribution in [0.2, 0.25) is 0 Å². The number of rotatable bonds is 5. The SMILES string of the molecule is CC(C)CN1C=CN(Cc2ccc([N+](=O)[O-])cc2)C1. The fraction of sp³-hybridized carbons (Fsp3) is 0.429. The van der Waals surface area contributed by atoms with E-state index < -0.39 is 0 Å². The number of benzene rings is 1. The zero-order valence-electron chi connectivity index (χ0n) is 11.3. The first-order valence-corrected chi connectivity index (χ1v) is 6.44. The van der Waals surface area contributed by atoms with Crippen LogP contribution in [0, 0.1) is 16.0 Å². The highest BCUT2D eigenvalue weighted by Crippen LogP contribution is 2.16. The lowest BCUT2D eigenvalue weighted by atomic mass is 10.2. The molecule has 0 amide bonds. The average Bonchev–Trinajstić information content (AvgIpc) is 2.76. The molecule has 2 rings (SSSR count). The predicted molar refractivity (Wildman–Crippen MR) is 74.2 cm³/mol. The minimum atomic E-state index is -0.371. The van der Waals surface area contributed by atoms with Crippen LogP contribution in [0.1, 0.15) is 19.4 Å². The molecule has 0 unspecified atom stereocenters. The molecule has 0 saturated heterocycles. The zero-order valence-corrected chi connectivity index (χ0v) is 11.3. The second-order valence-electron chi connectivity index (χ2n) is 5.28. The molecule has 0 fully saturated rings. The molecule has 1 aliphatic rings. The molecule has 0 aromatic heterocycles. The van der Waals surface area contributed by atoms with E-state index >= 15 is 0 Å². The van der Waals surface area contributed by atoms with Gasteiger partial charge in [0.25, 0.3) is 5.69 Å². The number of nitro benzene ring substituents is 1. The molecule has 0 spiro atoms. The molecule has 1 aromatic carbocycles. The van der Waals surface area contributed by atoms with Gasteiger partial charge < -0.3 is 9.80 Å². The van der Waals surface area contributed by atoms with Crippen LogP contribution in [-0.4, -0.2) is 27.9 Å². The largest absolute Gasteiger partial charge is 0.358 e. The summed E-state index contributed by atoms with van der Waals surface area (Å²) in [6, 6.07) is 6.75. The van der Waals surface area contributed by atoms with Crippen LogP contribution < -0.4 is 0 Å². The lowest BCUT2D eigenvalue weighted by Gasteiger charge is -2.22. The minimum absolute atomic E-state index is 0.141. The highest BCUT2D eigenvalue weighted by Gasteiger charge is 2.13. The van der Waals surface area contributed by atoms with Crippen molar-refractivity contribution >= 4 is 5.69 Å². The van der Waals surface area contributed by atoms with Crippen molar-refractivity contribution in [3.63, 3.8) is 0 Å². The number of hydrogen-bond acceptors (Lipinski definition) is 4. The summed E-state index contributed by atoms with van der Waals surface area (Å²) < 4.78 is 0. The van der Waals surface area contributed by atoms with Gasteiger partial charge >= 0.3 is 0 Å². The van der Waals surface area contributed by atoms with Gasteiger partial charge in [0.15, 0.2) is 0 Å². The first kappa shape index (κ1) is 13.4. The van der Waals surface area contributed by atoms with Gasteiger partial charge in [-0.3, -0.25) is 10.1 Å². The van der Waals surface area contributed by atoms with Gasteiger partial charge in [-0.15, -0.1) is 0 Å². The highest BCUT2D eigenvalue weighted by atomic mass is 16.6. The van der Waals surface area contributed by atoms with Gasteiger partial charge in [-0.1, -0.05) is 26.0 Å². The molecule has 19 heavy (non-hydrogen) atoms. The van der Waals surface area contributed by atoms with Crippen molar-refractivity contribution in [3.05, 3.63) is 52.3 Å². The summed E-state index contributed by atoms with van der Waals surface area (Å²) in [5.74, 6) is 0.643. The Kier molecular flexibility index (Phi) is 4.04. The third kappa shape index (κ3) is 3.71. The van der Waals surface area contributed by atoms with Crippen molar-refractivity contribution in [2.45, 2.75) is 20.4 Å². The first-order chi connectivity index (χ1) is 9.04. The monoisotopic (exact) mass is 261 g/mol. The number of nitro groups is 1. The van der Waals surface area contributed by atoms with Crippen LogP contribution in [-0.2, 0) is 6.54 Å². The van der Waals surface area contributed by atoms with Crippen molar-refractivity contribution in [3.8, 4) is 0 Å². The van der Waals surface area contributed by atoms with Gasteiger partial charge in [0.1, 0.15) is 0 Å². The summed E-state index contributed by atoms with van der Waals surface area (Å²) in [7, 11) is 0. The van der Waals surface area contributed by atoms with E-state index in [4.69, 9.17) is 0 Å². The maximum absolute atomic E-state index is 10.6. The standard InChI is InChI=1S/C14H19N3O2/c1-12(2)9-15-7-8-16(11-15)10-13-3-5-14(6-4-13)17(18)19/h3-8,12H,9-11H2,1-2H3. The minimum Gasteiger partial charge on any atom is -0.358 e. The Balaban J connectivity index is 1.89. The van der Waals surface area contributed by atoms with E-state index in [1.54, 1.807) is 12.1 Å². The van der Waals surface area contributed by atoms with E-state index in [0.29, 0.717) is 5.92 Å². The Hall–Kier alpha value is -2.04. The van der Waals surface area contributed by atoms with E-state index in [0.717, 1.165) is 25.3 Å². The second kappa shape index (κ2) is 5.73. The molecule has 0 radical (unpaired) electrons. The molecule has 0 aliphatic carbocycles. The maximum atomic E-state index is 10.6. The summed E-state index contributed by atoms with van der Waals surface area (Å²) in [6.07, 6.45) is 4.18. The fourth-order valence-corrected chi connectivity index (χ4v) is 2.16. The van der Waals surface area contributed by atoms with Crippen LogP contribution in [0.15, 0.2) is 36.7 Å². The van der Waals surface area contributed by atoms with E-state index in [1.807, 2.05) is 12.1 Å².